The first kappa shape index (κ1) is 29.7. The number of nitrogens with one attached hydrogen (secondary N) is 2. The molecule has 4 rings (SSSR count). The quantitative estimate of drug-likeness (QED) is 0.177. The Morgan fingerprint density at radius 2 is 1.71 bits per heavy atom. The maximum Gasteiger partial charge on any atom is 0.262 e. The Morgan fingerprint density at radius 1 is 0.951 bits per heavy atom. The fourth-order valence-electron chi connectivity index (χ4n) is 4.29. The third kappa shape index (κ3) is 8.11. The maximum atomic E-state index is 13.3. The van der Waals surface area contributed by atoms with Gasteiger partial charge in [-0.05, 0) is 61.7 Å². The van der Waals surface area contributed by atoms with Crippen LogP contribution in [0.4, 0.5) is 5.69 Å². The third-order valence-electron chi connectivity index (χ3n) is 6.46. The molecule has 0 aliphatic rings. The summed E-state index contributed by atoms with van der Waals surface area (Å²) in [4.78, 5) is 43.1. The summed E-state index contributed by atoms with van der Waals surface area (Å²) >= 11 is 1.20. The van der Waals surface area contributed by atoms with Crippen LogP contribution in [0.1, 0.15) is 24.0 Å². The predicted octanol–water partition coefficient (Wildman–Crippen LogP) is 4.59. The number of carbonyl (C=O) groups is 2. The minimum absolute atomic E-state index is 0.0925. The van der Waals surface area contributed by atoms with E-state index in [0.29, 0.717) is 59.2 Å². The van der Waals surface area contributed by atoms with Gasteiger partial charge in [0.05, 0.1) is 30.9 Å². The Bertz CT molecular complexity index is 1570. The molecule has 2 amide bonds. The predicted molar refractivity (Wildman–Crippen MR) is 162 cm³/mol. The fourth-order valence-corrected chi connectivity index (χ4v) is 5.11. The SMILES string of the molecule is COc1ccc(CCNC(=O)CCCn2c(SCC(=O)Nc3ccc(C)cc3)nc3ccccc3c2=O)cc1OC. The Hall–Kier alpha value is -4.31. The smallest absolute Gasteiger partial charge is 0.262 e. The van der Waals surface area contributed by atoms with Gasteiger partial charge in [-0.1, -0.05) is 47.7 Å². The number of benzene rings is 3. The molecule has 0 aliphatic heterocycles. The first-order valence-electron chi connectivity index (χ1n) is 13.3. The molecule has 0 bridgehead atoms. The highest BCUT2D eigenvalue weighted by Crippen LogP contribution is 2.27. The number of aryl methyl sites for hydroxylation is 1. The Balaban J connectivity index is 1.34. The van der Waals surface area contributed by atoms with Gasteiger partial charge in [-0.25, -0.2) is 4.98 Å². The van der Waals surface area contributed by atoms with Gasteiger partial charge in [0.25, 0.3) is 5.56 Å². The molecule has 9 nitrogen and oxygen atoms in total. The zero-order valence-electron chi connectivity index (χ0n) is 23.4. The van der Waals surface area contributed by atoms with Gasteiger partial charge in [0.1, 0.15) is 0 Å². The van der Waals surface area contributed by atoms with Crippen LogP contribution in [-0.4, -0.2) is 47.9 Å². The van der Waals surface area contributed by atoms with E-state index in [1.807, 2.05) is 55.5 Å². The van der Waals surface area contributed by atoms with Crippen molar-refractivity contribution in [2.24, 2.45) is 0 Å². The number of nitrogens with zero attached hydrogens (tertiary/aromatic N) is 2. The number of hydrogen-bond acceptors (Lipinski definition) is 7. The summed E-state index contributed by atoms with van der Waals surface area (Å²) in [7, 11) is 3.18. The number of para-hydroxylation sites is 1. The first-order chi connectivity index (χ1) is 19.9. The average molecular weight is 575 g/mol. The molecule has 0 fully saturated rings. The number of amides is 2. The number of thioether (sulfide) groups is 1. The molecule has 3 aromatic carbocycles. The molecule has 0 atom stereocenters. The molecule has 1 aromatic heterocycles. The lowest BCUT2D eigenvalue weighted by Gasteiger charge is -2.13. The van der Waals surface area contributed by atoms with E-state index in [2.05, 4.69) is 15.6 Å². The summed E-state index contributed by atoms with van der Waals surface area (Å²) in [6.45, 7) is 2.76. The number of methoxy groups -OCH3 is 2. The number of ether oxygens (including phenoxy) is 2. The van der Waals surface area contributed by atoms with Gasteiger partial charge < -0.3 is 20.1 Å². The Kier molecular flexibility index (Phi) is 10.4. The summed E-state index contributed by atoms with van der Waals surface area (Å²) in [5, 5.41) is 6.75. The van der Waals surface area contributed by atoms with E-state index >= 15 is 0 Å². The second kappa shape index (κ2) is 14.4. The van der Waals surface area contributed by atoms with Crippen LogP contribution >= 0.6 is 11.8 Å². The van der Waals surface area contributed by atoms with E-state index in [1.54, 1.807) is 37.0 Å². The molecule has 0 saturated heterocycles. The molecule has 41 heavy (non-hydrogen) atoms. The lowest BCUT2D eigenvalue weighted by molar-refractivity contribution is -0.121. The van der Waals surface area contributed by atoms with Crippen molar-refractivity contribution in [3.8, 4) is 11.5 Å². The normalized spacial score (nSPS) is 10.8. The topological polar surface area (TPSA) is 112 Å². The summed E-state index contributed by atoms with van der Waals surface area (Å²) in [5.41, 5.74) is 3.22. The second-order valence-corrected chi connectivity index (χ2v) is 10.4. The highest BCUT2D eigenvalue weighted by Gasteiger charge is 2.14. The number of anilines is 1. The zero-order chi connectivity index (χ0) is 29.2. The van der Waals surface area contributed by atoms with E-state index in [9.17, 15) is 14.4 Å². The number of rotatable bonds is 13. The van der Waals surface area contributed by atoms with Gasteiger partial charge in [-0.3, -0.25) is 19.0 Å². The van der Waals surface area contributed by atoms with Gasteiger partial charge >= 0.3 is 0 Å². The first-order valence-corrected chi connectivity index (χ1v) is 14.3. The minimum atomic E-state index is -0.193. The molecule has 10 heteroatoms. The van der Waals surface area contributed by atoms with E-state index in [-0.39, 0.29) is 29.5 Å². The number of aromatic nitrogens is 2. The van der Waals surface area contributed by atoms with Crippen molar-refractivity contribution in [1.29, 1.82) is 0 Å². The van der Waals surface area contributed by atoms with Gasteiger partial charge in [0.15, 0.2) is 16.7 Å². The van der Waals surface area contributed by atoms with Crippen molar-refractivity contribution in [3.05, 3.63) is 88.2 Å². The van der Waals surface area contributed by atoms with Crippen LogP contribution in [0.2, 0.25) is 0 Å². The summed E-state index contributed by atoms with van der Waals surface area (Å²) in [6, 6.07) is 20.4. The van der Waals surface area contributed by atoms with E-state index < -0.39 is 0 Å². The molecule has 0 saturated carbocycles. The minimum Gasteiger partial charge on any atom is -0.493 e. The monoisotopic (exact) mass is 574 g/mol. The Morgan fingerprint density at radius 3 is 2.46 bits per heavy atom. The molecule has 0 radical (unpaired) electrons. The van der Waals surface area contributed by atoms with Crippen molar-refractivity contribution in [2.45, 2.75) is 37.9 Å². The van der Waals surface area contributed by atoms with Crippen molar-refractivity contribution in [1.82, 2.24) is 14.9 Å². The highest BCUT2D eigenvalue weighted by atomic mass is 32.2. The number of fused-ring (bicyclic) bond motifs is 1. The van der Waals surface area contributed by atoms with Crippen LogP contribution in [-0.2, 0) is 22.6 Å². The lowest BCUT2D eigenvalue weighted by atomic mass is 10.1. The standard InChI is InChI=1S/C31H34N4O5S/c1-21-10-13-23(14-11-21)33-29(37)20-41-31-34-25-8-5-4-7-24(25)30(38)35(31)18-6-9-28(36)32-17-16-22-12-15-26(39-2)27(19-22)40-3/h4-5,7-8,10-15,19H,6,9,16-18,20H2,1-3H3,(H,32,36)(H,33,37). The van der Waals surface area contributed by atoms with Crippen molar-refractivity contribution in [2.75, 3.05) is 31.8 Å². The number of carbonyl (C=O) groups excluding carboxylic acids is 2. The van der Waals surface area contributed by atoms with Crippen LogP contribution in [0.3, 0.4) is 0 Å². The van der Waals surface area contributed by atoms with Gasteiger partial charge in [-0.2, -0.15) is 0 Å². The summed E-state index contributed by atoms with van der Waals surface area (Å²) < 4.78 is 12.2. The zero-order valence-corrected chi connectivity index (χ0v) is 24.3. The van der Waals surface area contributed by atoms with Crippen LogP contribution in [0.25, 0.3) is 10.9 Å². The second-order valence-electron chi connectivity index (χ2n) is 9.46. The Labute approximate surface area is 243 Å². The summed E-state index contributed by atoms with van der Waals surface area (Å²) in [5.74, 6) is 1.10. The molecule has 2 N–H and O–H groups in total. The van der Waals surface area contributed by atoms with Crippen molar-refractivity contribution >= 4 is 40.2 Å². The molecular formula is C31H34N4O5S. The highest BCUT2D eigenvalue weighted by molar-refractivity contribution is 7.99. The number of hydrogen-bond donors (Lipinski definition) is 2. The molecular weight excluding hydrogens is 540 g/mol. The third-order valence-corrected chi connectivity index (χ3v) is 7.44. The van der Waals surface area contributed by atoms with Gasteiger partial charge in [0.2, 0.25) is 11.8 Å². The van der Waals surface area contributed by atoms with Crippen molar-refractivity contribution in [3.63, 3.8) is 0 Å². The molecule has 0 spiro atoms. The van der Waals surface area contributed by atoms with Crippen LogP contribution < -0.4 is 25.7 Å². The van der Waals surface area contributed by atoms with Crippen molar-refractivity contribution < 1.29 is 19.1 Å². The van der Waals surface area contributed by atoms with Crippen LogP contribution in [0, 0.1) is 6.92 Å². The molecule has 4 aromatic rings. The molecule has 1 heterocycles. The van der Waals surface area contributed by atoms with E-state index in [0.717, 1.165) is 11.1 Å². The lowest BCUT2D eigenvalue weighted by Crippen LogP contribution is -2.27. The molecule has 0 unspecified atom stereocenters. The van der Waals surface area contributed by atoms with Gasteiger partial charge in [-0.15, -0.1) is 0 Å². The average Bonchev–Trinajstić information content (AvgIpc) is 2.98. The van der Waals surface area contributed by atoms with Crippen LogP contribution in [0.15, 0.2) is 76.7 Å². The summed E-state index contributed by atoms with van der Waals surface area (Å²) in [6.07, 6.45) is 1.35. The largest absolute Gasteiger partial charge is 0.493 e. The fraction of sp³-hybridized carbons (Fsp3) is 0.290. The van der Waals surface area contributed by atoms with E-state index in [4.69, 9.17) is 9.47 Å². The molecule has 0 aliphatic carbocycles. The van der Waals surface area contributed by atoms with Gasteiger partial charge in [0, 0.05) is 25.2 Å². The van der Waals surface area contributed by atoms with E-state index in [1.165, 1.54) is 11.8 Å². The molecule has 214 valence electrons. The maximum absolute atomic E-state index is 13.3. The van der Waals surface area contributed by atoms with Crippen LogP contribution in [0.5, 0.6) is 11.5 Å².